The number of amides is 2. The number of carbonyl (C=O) groups is 2. The third-order valence-electron chi connectivity index (χ3n) is 4.21. The fourth-order valence-corrected chi connectivity index (χ4v) is 2.87. The van der Waals surface area contributed by atoms with Gasteiger partial charge in [0.1, 0.15) is 0 Å². The first kappa shape index (κ1) is 23.2. The van der Waals surface area contributed by atoms with Crippen LogP contribution in [-0.4, -0.2) is 24.6 Å². The summed E-state index contributed by atoms with van der Waals surface area (Å²) in [5.74, 6) is -0.444. The lowest BCUT2D eigenvalue weighted by atomic mass is 10.1. The van der Waals surface area contributed by atoms with Gasteiger partial charge in [-0.25, -0.2) is 5.43 Å². The van der Waals surface area contributed by atoms with Crippen LogP contribution in [0.2, 0.25) is 5.02 Å². The molecule has 1 aromatic rings. The van der Waals surface area contributed by atoms with Crippen LogP contribution >= 0.6 is 11.6 Å². The van der Waals surface area contributed by atoms with E-state index in [1.807, 2.05) is 6.07 Å². The van der Waals surface area contributed by atoms with Crippen molar-refractivity contribution in [3.8, 4) is 0 Å². The molecule has 0 atom stereocenters. The Bertz CT molecular complexity index is 591. The molecule has 2 N–H and O–H groups in total. The maximum Gasteiger partial charge on any atom is 0.259 e. The number of nitrogens with zero attached hydrogens (tertiary/aromatic N) is 1. The largest absolute Gasteiger partial charge is 0.347 e. The SMILES string of the molecule is CCCCCCCCCCCC(=O)NCC(=O)N/N=C/c1cccc(Cl)c1. The number of hydrogen-bond acceptors (Lipinski definition) is 3. The number of unbranched alkanes of at least 4 members (excludes halogenated alkanes) is 8. The Labute approximate surface area is 167 Å². The number of halogens is 1. The van der Waals surface area contributed by atoms with Gasteiger partial charge >= 0.3 is 0 Å². The van der Waals surface area contributed by atoms with Crippen molar-refractivity contribution in [2.75, 3.05) is 6.54 Å². The predicted octanol–water partition coefficient (Wildman–Crippen LogP) is 4.83. The number of carbonyl (C=O) groups excluding carboxylic acids is 2. The lowest BCUT2D eigenvalue weighted by Crippen LogP contribution is -2.34. The highest BCUT2D eigenvalue weighted by Gasteiger charge is 2.04. The summed E-state index contributed by atoms with van der Waals surface area (Å²) in [5.41, 5.74) is 3.17. The molecule has 2 amide bonds. The predicted molar refractivity (Wildman–Crippen MR) is 112 cm³/mol. The van der Waals surface area contributed by atoms with E-state index in [4.69, 9.17) is 11.6 Å². The van der Waals surface area contributed by atoms with Crippen LogP contribution in [0.5, 0.6) is 0 Å². The van der Waals surface area contributed by atoms with Crippen LogP contribution in [0.4, 0.5) is 0 Å². The zero-order chi connectivity index (χ0) is 19.7. The monoisotopic (exact) mass is 393 g/mol. The van der Waals surface area contributed by atoms with Gasteiger partial charge in [0.25, 0.3) is 5.91 Å². The minimum atomic E-state index is -0.353. The number of rotatable bonds is 14. The first-order chi connectivity index (χ1) is 13.1. The Morgan fingerprint density at radius 2 is 1.67 bits per heavy atom. The minimum Gasteiger partial charge on any atom is -0.347 e. The summed E-state index contributed by atoms with van der Waals surface area (Å²) >= 11 is 5.87. The molecule has 6 heteroatoms. The topological polar surface area (TPSA) is 70.6 Å². The summed E-state index contributed by atoms with van der Waals surface area (Å²) in [6, 6.07) is 7.14. The average Bonchev–Trinajstić information content (AvgIpc) is 2.65. The van der Waals surface area contributed by atoms with Crippen LogP contribution in [0.15, 0.2) is 29.4 Å². The van der Waals surface area contributed by atoms with Gasteiger partial charge in [0, 0.05) is 11.4 Å². The highest BCUT2D eigenvalue weighted by Crippen LogP contribution is 2.10. The molecule has 0 fully saturated rings. The maximum absolute atomic E-state index is 11.7. The Kier molecular flexibility index (Phi) is 13.0. The van der Waals surface area contributed by atoms with E-state index in [1.54, 1.807) is 18.2 Å². The number of benzene rings is 1. The quantitative estimate of drug-likeness (QED) is 0.270. The lowest BCUT2D eigenvalue weighted by molar-refractivity contribution is -0.126. The normalized spacial score (nSPS) is 10.9. The second-order valence-electron chi connectivity index (χ2n) is 6.70. The summed E-state index contributed by atoms with van der Waals surface area (Å²) in [6.07, 6.45) is 12.9. The highest BCUT2D eigenvalue weighted by molar-refractivity contribution is 6.30. The fourth-order valence-electron chi connectivity index (χ4n) is 2.67. The minimum absolute atomic E-state index is 0.0663. The fraction of sp³-hybridized carbons (Fsp3) is 0.571. The highest BCUT2D eigenvalue weighted by atomic mass is 35.5. The van der Waals surface area contributed by atoms with Crippen molar-refractivity contribution in [3.05, 3.63) is 34.9 Å². The maximum atomic E-state index is 11.7. The molecule has 1 aromatic carbocycles. The van der Waals surface area contributed by atoms with Gasteiger partial charge in [0.05, 0.1) is 12.8 Å². The van der Waals surface area contributed by atoms with Crippen LogP contribution in [-0.2, 0) is 9.59 Å². The Morgan fingerprint density at radius 3 is 2.33 bits per heavy atom. The molecule has 0 saturated carbocycles. The van der Waals surface area contributed by atoms with Crippen LogP contribution in [0.1, 0.15) is 76.7 Å². The van der Waals surface area contributed by atoms with E-state index in [1.165, 1.54) is 51.2 Å². The molecule has 150 valence electrons. The molecule has 1 rings (SSSR count). The van der Waals surface area contributed by atoms with Crippen LogP contribution in [0.3, 0.4) is 0 Å². The molecular weight excluding hydrogens is 362 g/mol. The second-order valence-corrected chi connectivity index (χ2v) is 7.14. The van der Waals surface area contributed by atoms with Crippen LogP contribution in [0, 0.1) is 0 Å². The van der Waals surface area contributed by atoms with Gasteiger partial charge in [-0.3, -0.25) is 9.59 Å². The first-order valence-corrected chi connectivity index (χ1v) is 10.3. The van der Waals surface area contributed by atoms with Gasteiger partial charge in [0.2, 0.25) is 5.91 Å². The van der Waals surface area contributed by atoms with E-state index >= 15 is 0 Å². The van der Waals surface area contributed by atoms with E-state index in [0.29, 0.717) is 11.4 Å². The smallest absolute Gasteiger partial charge is 0.259 e. The Morgan fingerprint density at radius 1 is 1.00 bits per heavy atom. The molecule has 0 aromatic heterocycles. The lowest BCUT2D eigenvalue weighted by Gasteiger charge is -2.04. The van der Waals surface area contributed by atoms with E-state index in [2.05, 4.69) is 22.8 Å². The van der Waals surface area contributed by atoms with Gasteiger partial charge in [-0.05, 0) is 24.1 Å². The molecule has 0 saturated heterocycles. The summed E-state index contributed by atoms with van der Waals surface area (Å²) in [5, 5.41) is 7.07. The molecule has 0 unspecified atom stereocenters. The number of hydrogen-bond donors (Lipinski definition) is 2. The van der Waals surface area contributed by atoms with E-state index in [9.17, 15) is 9.59 Å². The van der Waals surface area contributed by atoms with Crippen molar-refractivity contribution >= 4 is 29.6 Å². The van der Waals surface area contributed by atoms with Gasteiger partial charge < -0.3 is 5.32 Å². The Hall–Kier alpha value is -1.88. The molecule has 0 aliphatic carbocycles. The van der Waals surface area contributed by atoms with E-state index in [0.717, 1.165) is 18.4 Å². The van der Waals surface area contributed by atoms with Crippen LogP contribution in [0.25, 0.3) is 0 Å². The summed E-state index contributed by atoms with van der Waals surface area (Å²) in [4.78, 5) is 23.4. The number of nitrogens with one attached hydrogen (secondary N) is 2. The Balaban J connectivity index is 2.01. The van der Waals surface area contributed by atoms with E-state index < -0.39 is 0 Å². The van der Waals surface area contributed by atoms with Crippen LogP contribution < -0.4 is 10.7 Å². The van der Waals surface area contributed by atoms with Gasteiger partial charge in [-0.15, -0.1) is 0 Å². The third-order valence-corrected chi connectivity index (χ3v) is 4.44. The summed E-state index contributed by atoms with van der Waals surface area (Å²) in [6.45, 7) is 2.16. The van der Waals surface area contributed by atoms with E-state index in [-0.39, 0.29) is 18.4 Å². The van der Waals surface area contributed by atoms with Crippen molar-refractivity contribution < 1.29 is 9.59 Å². The third kappa shape index (κ3) is 13.0. The van der Waals surface area contributed by atoms with Gasteiger partial charge in [0.15, 0.2) is 0 Å². The molecule has 0 heterocycles. The van der Waals surface area contributed by atoms with Gasteiger partial charge in [-0.2, -0.15) is 5.10 Å². The molecule has 0 aliphatic heterocycles. The van der Waals surface area contributed by atoms with Crippen molar-refractivity contribution in [1.82, 2.24) is 10.7 Å². The van der Waals surface area contributed by atoms with Crippen molar-refractivity contribution in [3.63, 3.8) is 0 Å². The number of hydrazone groups is 1. The molecule has 0 radical (unpaired) electrons. The standard InChI is InChI=1S/C21H32ClN3O2/c1-2-3-4-5-6-7-8-9-10-14-20(26)23-17-21(27)25-24-16-18-12-11-13-19(22)15-18/h11-13,15-16H,2-10,14,17H2,1H3,(H,23,26)(H,25,27)/b24-16+. The van der Waals surface area contributed by atoms with Crippen molar-refractivity contribution in [2.24, 2.45) is 5.10 Å². The van der Waals surface area contributed by atoms with Gasteiger partial charge in [-0.1, -0.05) is 82.0 Å². The summed E-state index contributed by atoms with van der Waals surface area (Å²) < 4.78 is 0. The summed E-state index contributed by atoms with van der Waals surface area (Å²) in [7, 11) is 0. The molecule has 5 nitrogen and oxygen atoms in total. The first-order valence-electron chi connectivity index (χ1n) is 9.96. The molecule has 0 bridgehead atoms. The molecule has 0 aliphatic rings. The molecular formula is C21H32ClN3O2. The zero-order valence-electron chi connectivity index (χ0n) is 16.3. The second kappa shape index (κ2) is 15.2. The van der Waals surface area contributed by atoms with Crippen molar-refractivity contribution in [1.29, 1.82) is 0 Å². The molecule has 0 spiro atoms. The zero-order valence-corrected chi connectivity index (χ0v) is 17.1. The average molecular weight is 394 g/mol. The van der Waals surface area contributed by atoms with Crippen molar-refractivity contribution in [2.45, 2.75) is 71.1 Å². The molecule has 27 heavy (non-hydrogen) atoms.